The Morgan fingerprint density at radius 1 is 1.24 bits per heavy atom. The number of anilines is 1. The molecule has 0 saturated heterocycles. The number of amides is 1. The summed E-state index contributed by atoms with van der Waals surface area (Å²) in [5.74, 6) is 1.44. The van der Waals surface area contributed by atoms with Crippen LogP contribution in [0.4, 0.5) is 5.82 Å². The van der Waals surface area contributed by atoms with Crippen LogP contribution >= 0.6 is 11.8 Å². The van der Waals surface area contributed by atoms with E-state index in [-0.39, 0.29) is 11.7 Å². The van der Waals surface area contributed by atoms with E-state index in [4.69, 9.17) is 4.74 Å². The van der Waals surface area contributed by atoms with E-state index in [1.165, 1.54) is 11.8 Å². The molecule has 25 heavy (non-hydrogen) atoms. The molecule has 0 aliphatic rings. The summed E-state index contributed by atoms with van der Waals surface area (Å²) >= 11 is 1.38. The summed E-state index contributed by atoms with van der Waals surface area (Å²) in [6.07, 6.45) is 1.71. The van der Waals surface area contributed by atoms with Crippen LogP contribution in [0.3, 0.4) is 0 Å². The molecule has 0 unspecified atom stereocenters. The molecular formula is C18H18N4O2S. The molecule has 3 aromatic rings. The number of H-pyrrole nitrogens is 1. The Kier molecular flexibility index (Phi) is 5.35. The zero-order chi connectivity index (χ0) is 17.6. The summed E-state index contributed by atoms with van der Waals surface area (Å²) in [6, 6.07) is 13.3. The van der Waals surface area contributed by atoms with E-state index in [0.29, 0.717) is 5.82 Å². The summed E-state index contributed by atoms with van der Waals surface area (Å²) < 4.78 is 5.18. The molecule has 0 aliphatic heterocycles. The summed E-state index contributed by atoms with van der Waals surface area (Å²) in [5, 5.41) is 10.8. The fourth-order valence-electron chi connectivity index (χ4n) is 2.37. The van der Waals surface area contributed by atoms with Gasteiger partial charge < -0.3 is 10.1 Å². The molecule has 0 aliphatic carbocycles. The van der Waals surface area contributed by atoms with Gasteiger partial charge in [0.25, 0.3) is 0 Å². The van der Waals surface area contributed by atoms with Crippen molar-refractivity contribution >= 4 is 23.5 Å². The quantitative estimate of drug-likeness (QED) is 0.662. The smallest absolute Gasteiger partial charge is 0.236 e. The first kappa shape index (κ1) is 17.0. The van der Waals surface area contributed by atoms with Crippen molar-refractivity contribution in [3.63, 3.8) is 0 Å². The Bertz CT molecular complexity index is 847. The first-order valence-corrected chi connectivity index (χ1v) is 8.69. The number of pyridine rings is 1. The van der Waals surface area contributed by atoms with Gasteiger partial charge in [-0.1, -0.05) is 30.0 Å². The molecule has 1 aromatic carbocycles. The zero-order valence-electron chi connectivity index (χ0n) is 13.9. The van der Waals surface area contributed by atoms with Crippen LogP contribution in [0.5, 0.6) is 5.75 Å². The number of methoxy groups -OCH3 is 1. The Morgan fingerprint density at radius 2 is 2.04 bits per heavy atom. The van der Waals surface area contributed by atoms with Gasteiger partial charge in [-0.2, -0.15) is 5.10 Å². The van der Waals surface area contributed by atoms with Gasteiger partial charge in [0.15, 0.2) is 5.82 Å². The molecule has 3 rings (SSSR count). The lowest BCUT2D eigenvalue weighted by atomic mass is 10.1. The van der Waals surface area contributed by atoms with Crippen LogP contribution in [-0.2, 0) is 4.79 Å². The second kappa shape index (κ2) is 7.85. The number of thioether (sulfide) groups is 1. The van der Waals surface area contributed by atoms with Crippen molar-refractivity contribution in [2.75, 3.05) is 18.2 Å². The lowest BCUT2D eigenvalue weighted by Gasteiger charge is -2.07. The SMILES string of the molecule is COc1ccc(-c2c(NC(=O)CSc3ccccn3)n[nH]c2C)cc1. The molecule has 2 heterocycles. The van der Waals surface area contributed by atoms with Crippen molar-refractivity contribution in [2.24, 2.45) is 0 Å². The number of nitrogens with zero attached hydrogens (tertiary/aromatic N) is 2. The third kappa shape index (κ3) is 4.19. The third-order valence-electron chi connectivity index (χ3n) is 3.57. The number of ether oxygens (including phenoxy) is 1. The maximum Gasteiger partial charge on any atom is 0.236 e. The standard InChI is InChI=1S/C18H18N4O2S/c1-12-17(13-6-8-14(24-2)9-7-13)18(22-21-12)20-15(23)11-25-16-5-3-4-10-19-16/h3-10H,11H2,1-2H3,(H2,20,21,22,23). The van der Waals surface area contributed by atoms with E-state index in [0.717, 1.165) is 27.6 Å². The fraction of sp³-hybridized carbons (Fsp3) is 0.167. The minimum Gasteiger partial charge on any atom is -0.497 e. The van der Waals surface area contributed by atoms with Crippen LogP contribution in [0.15, 0.2) is 53.7 Å². The zero-order valence-corrected chi connectivity index (χ0v) is 14.8. The Hall–Kier alpha value is -2.80. The Balaban J connectivity index is 1.71. The van der Waals surface area contributed by atoms with E-state index in [9.17, 15) is 4.79 Å². The van der Waals surface area contributed by atoms with Crippen molar-refractivity contribution in [2.45, 2.75) is 11.9 Å². The molecule has 0 atom stereocenters. The molecule has 6 nitrogen and oxygen atoms in total. The molecule has 1 amide bonds. The van der Waals surface area contributed by atoms with E-state index >= 15 is 0 Å². The van der Waals surface area contributed by atoms with Gasteiger partial charge >= 0.3 is 0 Å². The Labute approximate surface area is 150 Å². The largest absolute Gasteiger partial charge is 0.497 e. The van der Waals surface area contributed by atoms with Crippen LogP contribution < -0.4 is 10.1 Å². The second-order valence-electron chi connectivity index (χ2n) is 5.31. The van der Waals surface area contributed by atoms with Crippen LogP contribution in [0.25, 0.3) is 11.1 Å². The second-order valence-corrected chi connectivity index (χ2v) is 6.30. The minimum absolute atomic E-state index is 0.128. The molecule has 0 bridgehead atoms. The number of hydrogen-bond donors (Lipinski definition) is 2. The monoisotopic (exact) mass is 354 g/mol. The van der Waals surface area contributed by atoms with E-state index in [1.54, 1.807) is 13.3 Å². The average Bonchev–Trinajstić information content (AvgIpc) is 3.01. The number of aromatic amines is 1. The van der Waals surface area contributed by atoms with Gasteiger partial charge in [0.2, 0.25) is 5.91 Å². The van der Waals surface area contributed by atoms with Crippen LogP contribution in [-0.4, -0.2) is 34.0 Å². The Morgan fingerprint density at radius 3 is 2.72 bits per heavy atom. The van der Waals surface area contributed by atoms with Crippen molar-refractivity contribution in [3.8, 4) is 16.9 Å². The number of carbonyl (C=O) groups excluding carboxylic acids is 1. The van der Waals surface area contributed by atoms with E-state index in [2.05, 4.69) is 20.5 Å². The summed E-state index contributed by atoms with van der Waals surface area (Å²) in [6.45, 7) is 1.92. The highest BCUT2D eigenvalue weighted by Crippen LogP contribution is 2.30. The van der Waals surface area contributed by atoms with E-state index in [1.807, 2.05) is 49.4 Å². The molecule has 2 N–H and O–H groups in total. The molecule has 7 heteroatoms. The predicted octanol–water partition coefficient (Wildman–Crippen LogP) is 3.52. The molecule has 2 aromatic heterocycles. The van der Waals surface area contributed by atoms with Crippen LogP contribution in [0.1, 0.15) is 5.69 Å². The van der Waals surface area contributed by atoms with Gasteiger partial charge in [-0.25, -0.2) is 4.98 Å². The van der Waals surface area contributed by atoms with Crippen molar-refractivity contribution in [1.29, 1.82) is 0 Å². The number of nitrogens with one attached hydrogen (secondary N) is 2. The minimum atomic E-state index is -0.128. The van der Waals surface area contributed by atoms with Gasteiger partial charge in [0, 0.05) is 17.5 Å². The van der Waals surface area contributed by atoms with Crippen LogP contribution in [0.2, 0.25) is 0 Å². The lowest BCUT2D eigenvalue weighted by Crippen LogP contribution is -2.15. The average molecular weight is 354 g/mol. The third-order valence-corrected chi connectivity index (χ3v) is 4.52. The maximum atomic E-state index is 12.2. The van der Waals surface area contributed by atoms with Crippen molar-refractivity contribution < 1.29 is 9.53 Å². The topological polar surface area (TPSA) is 79.9 Å². The summed E-state index contributed by atoms with van der Waals surface area (Å²) in [5.41, 5.74) is 2.72. The highest BCUT2D eigenvalue weighted by atomic mass is 32.2. The van der Waals surface area contributed by atoms with E-state index < -0.39 is 0 Å². The van der Waals surface area contributed by atoms with Crippen LogP contribution in [0, 0.1) is 6.92 Å². The summed E-state index contributed by atoms with van der Waals surface area (Å²) in [7, 11) is 1.63. The molecule has 0 radical (unpaired) electrons. The predicted molar refractivity (Wildman–Crippen MR) is 98.9 cm³/mol. The number of rotatable bonds is 6. The first-order valence-electron chi connectivity index (χ1n) is 7.70. The number of carbonyl (C=O) groups is 1. The number of benzene rings is 1. The highest BCUT2D eigenvalue weighted by molar-refractivity contribution is 7.99. The maximum absolute atomic E-state index is 12.2. The lowest BCUT2D eigenvalue weighted by molar-refractivity contribution is -0.113. The number of hydrogen-bond acceptors (Lipinski definition) is 5. The molecular weight excluding hydrogens is 336 g/mol. The van der Waals surface area contributed by atoms with Gasteiger partial charge in [0.1, 0.15) is 5.75 Å². The molecule has 128 valence electrons. The summed E-state index contributed by atoms with van der Waals surface area (Å²) in [4.78, 5) is 16.4. The van der Waals surface area contributed by atoms with Gasteiger partial charge in [0.05, 0.1) is 17.9 Å². The number of aryl methyl sites for hydroxylation is 1. The van der Waals surface area contributed by atoms with Crippen molar-refractivity contribution in [3.05, 3.63) is 54.4 Å². The molecule has 0 fully saturated rings. The highest BCUT2D eigenvalue weighted by Gasteiger charge is 2.15. The first-order chi connectivity index (χ1) is 12.2. The van der Waals surface area contributed by atoms with Gasteiger partial charge in [-0.15, -0.1) is 0 Å². The molecule has 0 saturated carbocycles. The molecule has 0 spiro atoms. The fourth-order valence-corrected chi connectivity index (χ4v) is 3.03. The normalized spacial score (nSPS) is 10.5. The van der Waals surface area contributed by atoms with Gasteiger partial charge in [-0.3, -0.25) is 9.89 Å². The van der Waals surface area contributed by atoms with Gasteiger partial charge in [-0.05, 0) is 36.8 Å². The van der Waals surface area contributed by atoms with Crippen molar-refractivity contribution in [1.82, 2.24) is 15.2 Å². The number of aromatic nitrogens is 3.